The van der Waals surface area contributed by atoms with E-state index in [1.807, 2.05) is 48.5 Å². The third-order valence-corrected chi connectivity index (χ3v) is 4.74. The van der Waals surface area contributed by atoms with Crippen molar-refractivity contribution in [3.63, 3.8) is 0 Å². The smallest absolute Gasteiger partial charge is 0.224 e. The highest BCUT2D eigenvalue weighted by molar-refractivity contribution is 5.59. The molecule has 1 aliphatic rings. The second kappa shape index (κ2) is 8.85. The molecular formula is C23H25N3O2. The van der Waals surface area contributed by atoms with Crippen LogP contribution in [0.1, 0.15) is 18.9 Å². The van der Waals surface area contributed by atoms with E-state index in [1.165, 1.54) is 5.56 Å². The highest BCUT2D eigenvalue weighted by Crippen LogP contribution is 2.27. The molecule has 2 aromatic carbocycles. The van der Waals surface area contributed by atoms with Crippen LogP contribution in [-0.2, 0) is 11.2 Å². The van der Waals surface area contributed by atoms with Gasteiger partial charge in [0.15, 0.2) is 5.82 Å². The number of hydrogen-bond donors (Lipinski definition) is 0. The van der Waals surface area contributed by atoms with Gasteiger partial charge in [-0.3, -0.25) is 0 Å². The summed E-state index contributed by atoms with van der Waals surface area (Å²) in [5.41, 5.74) is 2.29. The monoisotopic (exact) mass is 375 g/mol. The van der Waals surface area contributed by atoms with Crippen molar-refractivity contribution in [3.8, 4) is 23.0 Å². The third-order valence-electron chi connectivity index (χ3n) is 4.74. The molecule has 0 N–H and O–H groups in total. The fourth-order valence-electron chi connectivity index (χ4n) is 3.27. The van der Waals surface area contributed by atoms with Crippen molar-refractivity contribution < 1.29 is 9.47 Å². The van der Waals surface area contributed by atoms with E-state index in [4.69, 9.17) is 14.5 Å². The largest absolute Gasteiger partial charge is 0.439 e. The number of benzene rings is 2. The van der Waals surface area contributed by atoms with Gasteiger partial charge in [0.1, 0.15) is 11.6 Å². The number of rotatable bonds is 6. The molecule has 5 heteroatoms. The average Bonchev–Trinajstić information content (AvgIpc) is 2.76. The van der Waals surface area contributed by atoms with Crippen molar-refractivity contribution in [2.45, 2.75) is 19.8 Å². The van der Waals surface area contributed by atoms with Gasteiger partial charge in [0, 0.05) is 24.7 Å². The van der Waals surface area contributed by atoms with E-state index in [1.54, 1.807) is 0 Å². The molecule has 5 nitrogen and oxygen atoms in total. The van der Waals surface area contributed by atoms with Crippen molar-refractivity contribution >= 4 is 5.82 Å². The van der Waals surface area contributed by atoms with Crippen LogP contribution in [0.25, 0.3) is 11.4 Å². The lowest BCUT2D eigenvalue weighted by atomic mass is 10.1. The van der Waals surface area contributed by atoms with Crippen LogP contribution in [0.15, 0.2) is 60.7 Å². The van der Waals surface area contributed by atoms with E-state index in [2.05, 4.69) is 28.9 Å². The topological polar surface area (TPSA) is 47.5 Å². The summed E-state index contributed by atoms with van der Waals surface area (Å²) < 4.78 is 11.6. The molecule has 144 valence electrons. The Morgan fingerprint density at radius 2 is 1.71 bits per heavy atom. The Balaban J connectivity index is 1.65. The highest BCUT2D eigenvalue weighted by Gasteiger charge is 2.16. The maximum atomic E-state index is 6.10. The summed E-state index contributed by atoms with van der Waals surface area (Å²) in [7, 11) is 0. The van der Waals surface area contributed by atoms with Crippen molar-refractivity contribution in [3.05, 3.63) is 66.2 Å². The minimum Gasteiger partial charge on any atom is -0.439 e. The molecule has 0 bridgehead atoms. The third kappa shape index (κ3) is 4.49. The summed E-state index contributed by atoms with van der Waals surface area (Å²) in [5.74, 6) is 2.88. The van der Waals surface area contributed by atoms with Gasteiger partial charge >= 0.3 is 0 Å². The average molecular weight is 375 g/mol. The first-order valence-electron chi connectivity index (χ1n) is 9.86. The molecule has 1 saturated heterocycles. The molecule has 0 atom stereocenters. The summed E-state index contributed by atoms with van der Waals surface area (Å²) in [6, 6.07) is 20.2. The number of hydrogen-bond acceptors (Lipinski definition) is 5. The number of aromatic nitrogens is 2. The zero-order chi connectivity index (χ0) is 19.2. The van der Waals surface area contributed by atoms with Gasteiger partial charge in [-0.2, -0.15) is 4.98 Å². The fourth-order valence-corrected chi connectivity index (χ4v) is 3.27. The quantitative estimate of drug-likeness (QED) is 0.624. The first-order valence-corrected chi connectivity index (χ1v) is 9.86. The number of aryl methyl sites for hydroxylation is 1. The van der Waals surface area contributed by atoms with Gasteiger partial charge in [0.05, 0.1) is 13.2 Å². The predicted octanol–water partition coefficient (Wildman–Crippen LogP) is 4.73. The molecule has 0 saturated carbocycles. The molecule has 4 rings (SSSR count). The van der Waals surface area contributed by atoms with Crippen molar-refractivity contribution in [2.75, 3.05) is 31.2 Å². The van der Waals surface area contributed by atoms with Gasteiger partial charge in [-0.1, -0.05) is 55.8 Å². The zero-order valence-electron chi connectivity index (χ0n) is 16.2. The SMILES string of the molecule is CCCc1ccc(Oc2cc(N3CCOCC3)nc(-c3ccccc3)n2)cc1. The van der Waals surface area contributed by atoms with Gasteiger partial charge < -0.3 is 14.4 Å². The summed E-state index contributed by atoms with van der Waals surface area (Å²) in [6.07, 6.45) is 2.21. The second-order valence-electron chi connectivity index (χ2n) is 6.85. The van der Waals surface area contributed by atoms with Crippen molar-refractivity contribution in [1.82, 2.24) is 9.97 Å². The van der Waals surface area contributed by atoms with Crippen molar-refractivity contribution in [2.24, 2.45) is 0 Å². The molecule has 0 aliphatic carbocycles. The first kappa shape index (κ1) is 18.4. The van der Waals surface area contributed by atoms with Gasteiger partial charge in [0.25, 0.3) is 0 Å². The summed E-state index contributed by atoms with van der Waals surface area (Å²) in [5, 5.41) is 0. The Morgan fingerprint density at radius 3 is 2.43 bits per heavy atom. The van der Waals surface area contributed by atoms with Crippen LogP contribution in [0, 0.1) is 0 Å². The first-order chi connectivity index (χ1) is 13.8. The van der Waals surface area contributed by atoms with Crippen LogP contribution in [0.5, 0.6) is 11.6 Å². The van der Waals surface area contributed by atoms with Gasteiger partial charge in [0.2, 0.25) is 5.88 Å². The summed E-state index contributed by atoms with van der Waals surface area (Å²) >= 11 is 0. The number of anilines is 1. The number of morpholine rings is 1. The summed E-state index contributed by atoms with van der Waals surface area (Å²) in [6.45, 7) is 5.23. The van der Waals surface area contributed by atoms with Crippen LogP contribution >= 0.6 is 0 Å². The highest BCUT2D eigenvalue weighted by atomic mass is 16.5. The molecule has 28 heavy (non-hydrogen) atoms. The lowest BCUT2D eigenvalue weighted by Crippen LogP contribution is -2.36. The minimum absolute atomic E-state index is 0.554. The Morgan fingerprint density at radius 1 is 0.964 bits per heavy atom. The van der Waals surface area contributed by atoms with E-state index < -0.39 is 0 Å². The normalized spacial score (nSPS) is 14.1. The number of nitrogens with zero attached hydrogens (tertiary/aromatic N) is 3. The molecule has 0 spiro atoms. The second-order valence-corrected chi connectivity index (χ2v) is 6.85. The maximum absolute atomic E-state index is 6.10. The van der Waals surface area contributed by atoms with Crippen molar-refractivity contribution in [1.29, 1.82) is 0 Å². The Hall–Kier alpha value is -2.92. The van der Waals surface area contributed by atoms with Gasteiger partial charge in [-0.25, -0.2) is 4.98 Å². The van der Waals surface area contributed by atoms with Crippen LogP contribution in [-0.4, -0.2) is 36.3 Å². The summed E-state index contributed by atoms with van der Waals surface area (Å²) in [4.78, 5) is 11.7. The molecule has 0 unspecified atom stereocenters. The maximum Gasteiger partial charge on any atom is 0.224 e. The molecule has 0 amide bonds. The van der Waals surface area contributed by atoms with Gasteiger partial charge in [-0.05, 0) is 24.1 Å². The molecule has 1 fully saturated rings. The van der Waals surface area contributed by atoms with E-state index in [0.717, 1.165) is 43.1 Å². The van der Waals surface area contributed by atoms with Crippen LogP contribution < -0.4 is 9.64 Å². The lowest BCUT2D eigenvalue weighted by Gasteiger charge is -2.28. The minimum atomic E-state index is 0.554. The van der Waals surface area contributed by atoms with Crippen LogP contribution in [0.2, 0.25) is 0 Å². The molecular weight excluding hydrogens is 350 g/mol. The van der Waals surface area contributed by atoms with E-state index in [9.17, 15) is 0 Å². The Bertz CT molecular complexity index is 891. The fraction of sp³-hybridized carbons (Fsp3) is 0.304. The molecule has 2 heterocycles. The van der Waals surface area contributed by atoms with Crippen LogP contribution in [0.4, 0.5) is 5.82 Å². The molecule has 0 radical (unpaired) electrons. The van der Waals surface area contributed by atoms with E-state index in [-0.39, 0.29) is 0 Å². The lowest BCUT2D eigenvalue weighted by molar-refractivity contribution is 0.122. The molecule has 1 aromatic heterocycles. The number of ether oxygens (including phenoxy) is 2. The molecule has 3 aromatic rings. The van der Waals surface area contributed by atoms with E-state index >= 15 is 0 Å². The van der Waals surface area contributed by atoms with E-state index in [0.29, 0.717) is 24.9 Å². The van der Waals surface area contributed by atoms with Gasteiger partial charge in [-0.15, -0.1) is 0 Å². The zero-order valence-corrected chi connectivity index (χ0v) is 16.2. The molecule has 1 aliphatic heterocycles. The van der Waals surface area contributed by atoms with Crippen LogP contribution in [0.3, 0.4) is 0 Å². The Kier molecular flexibility index (Phi) is 5.83. The predicted molar refractivity (Wildman–Crippen MR) is 111 cm³/mol. The Labute approximate surface area is 166 Å². The standard InChI is InChI=1S/C23H25N3O2/c1-2-6-18-9-11-20(12-10-18)28-22-17-21(26-13-15-27-16-14-26)24-23(25-22)19-7-4-3-5-8-19/h3-5,7-12,17H,2,6,13-16H2,1H3.